The normalized spacial score (nSPS) is 16.4. The molecule has 0 unspecified atom stereocenters. The van der Waals surface area contributed by atoms with Crippen molar-refractivity contribution in [3.8, 4) is 22.4 Å². The first-order valence-corrected chi connectivity index (χ1v) is 9.30. The lowest BCUT2D eigenvalue weighted by Gasteiger charge is -2.11. The van der Waals surface area contributed by atoms with Gasteiger partial charge in [-0.25, -0.2) is 0 Å². The largest absolute Gasteiger partial charge is 0.376 e. The number of benzene rings is 2. The second-order valence-electron chi connectivity index (χ2n) is 6.86. The Balaban J connectivity index is 1.58. The molecule has 1 atom stereocenters. The molecule has 3 aromatic rings. The Kier molecular flexibility index (Phi) is 5.03. The number of aromatic nitrogens is 2. The molecule has 1 saturated heterocycles. The molecule has 0 aliphatic carbocycles. The number of carbonyl (C=O) groups is 1. The number of carbonyl (C=O) groups excluding carboxylic acids is 1. The second kappa shape index (κ2) is 7.76. The topological polar surface area (TPSA) is 56.2 Å². The SMILES string of the molecule is Cn1cc(-c2cccc(C(=O)NC[C@H]3CCCO3)c2)c(-c2ccccc2)n1. The molecule has 0 radical (unpaired) electrons. The van der Waals surface area contributed by atoms with Crippen LogP contribution in [0.3, 0.4) is 0 Å². The van der Waals surface area contributed by atoms with Gasteiger partial charge in [-0.3, -0.25) is 9.48 Å². The van der Waals surface area contributed by atoms with Crippen molar-refractivity contribution in [1.82, 2.24) is 15.1 Å². The van der Waals surface area contributed by atoms with Crippen LogP contribution in [-0.4, -0.2) is 34.9 Å². The molecule has 1 aliphatic heterocycles. The molecule has 5 heteroatoms. The molecule has 1 fully saturated rings. The van der Waals surface area contributed by atoms with E-state index >= 15 is 0 Å². The minimum Gasteiger partial charge on any atom is -0.376 e. The number of rotatable bonds is 5. The smallest absolute Gasteiger partial charge is 0.251 e. The first kappa shape index (κ1) is 17.5. The predicted octanol–water partition coefficient (Wildman–Crippen LogP) is 3.66. The summed E-state index contributed by atoms with van der Waals surface area (Å²) < 4.78 is 7.38. The molecular weight excluding hydrogens is 338 g/mol. The number of aryl methyl sites for hydroxylation is 1. The van der Waals surface area contributed by atoms with Gasteiger partial charge in [0.1, 0.15) is 5.69 Å². The van der Waals surface area contributed by atoms with Crippen molar-refractivity contribution in [3.05, 3.63) is 66.4 Å². The number of nitrogens with zero attached hydrogens (tertiary/aromatic N) is 2. The fraction of sp³-hybridized carbons (Fsp3) is 0.273. The average Bonchev–Trinajstić information content (AvgIpc) is 3.36. The first-order chi connectivity index (χ1) is 13.2. The van der Waals surface area contributed by atoms with Gasteiger partial charge in [-0.1, -0.05) is 42.5 Å². The summed E-state index contributed by atoms with van der Waals surface area (Å²) in [5, 5.41) is 7.61. The van der Waals surface area contributed by atoms with Gasteiger partial charge in [-0.15, -0.1) is 0 Å². The first-order valence-electron chi connectivity index (χ1n) is 9.30. The quantitative estimate of drug-likeness (QED) is 0.754. The van der Waals surface area contributed by atoms with Gasteiger partial charge in [0.15, 0.2) is 0 Å². The third-order valence-electron chi connectivity index (χ3n) is 4.83. The summed E-state index contributed by atoms with van der Waals surface area (Å²) in [4.78, 5) is 12.6. The summed E-state index contributed by atoms with van der Waals surface area (Å²) in [7, 11) is 1.91. The standard InChI is InChI=1S/C22H23N3O2/c1-25-15-20(21(24-25)16-7-3-2-4-8-16)17-9-5-10-18(13-17)22(26)23-14-19-11-6-12-27-19/h2-5,7-10,13,15,19H,6,11-12,14H2,1H3,(H,23,26)/t19-/m1/s1. The lowest BCUT2D eigenvalue weighted by Crippen LogP contribution is -2.31. The van der Waals surface area contributed by atoms with E-state index in [9.17, 15) is 4.79 Å². The molecule has 0 saturated carbocycles. The number of ether oxygens (including phenoxy) is 1. The van der Waals surface area contributed by atoms with Crippen molar-refractivity contribution in [2.45, 2.75) is 18.9 Å². The van der Waals surface area contributed by atoms with Gasteiger partial charge in [0.05, 0.1) is 6.10 Å². The van der Waals surface area contributed by atoms with Crippen molar-refractivity contribution in [2.24, 2.45) is 7.05 Å². The summed E-state index contributed by atoms with van der Waals surface area (Å²) in [6, 6.07) is 17.8. The molecule has 138 valence electrons. The highest BCUT2D eigenvalue weighted by molar-refractivity contribution is 5.96. The molecule has 1 amide bonds. The van der Waals surface area contributed by atoms with Crippen LogP contribution in [0.2, 0.25) is 0 Å². The van der Waals surface area contributed by atoms with Gasteiger partial charge >= 0.3 is 0 Å². The van der Waals surface area contributed by atoms with Crippen LogP contribution in [0.1, 0.15) is 23.2 Å². The summed E-state index contributed by atoms with van der Waals surface area (Å²) >= 11 is 0. The van der Waals surface area contributed by atoms with Crippen LogP contribution >= 0.6 is 0 Å². The van der Waals surface area contributed by atoms with E-state index in [4.69, 9.17) is 4.74 Å². The van der Waals surface area contributed by atoms with Crippen LogP contribution in [0.4, 0.5) is 0 Å². The van der Waals surface area contributed by atoms with Crippen molar-refractivity contribution in [3.63, 3.8) is 0 Å². The van der Waals surface area contributed by atoms with E-state index in [1.165, 1.54) is 0 Å². The molecule has 1 aliphatic rings. The van der Waals surface area contributed by atoms with E-state index in [0.29, 0.717) is 12.1 Å². The monoisotopic (exact) mass is 361 g/mol. The third-order valence-corrected chi connectivity index (χ3v) is 4.83. The van der Waals surface area contributed by atoms with Crippen LogP contribution in [0.15, 0.2) is 60.8 Å². The van der Waals surface area contributed by atoms with Gasteiger partial charge in [-0.05, 0) is 30.5 Å². The Bertz CT molecular complexity index is 928. The number of amides is 1. The maximum absolute atomic E-state index is 12.6. The Labute approximate surface area is 159 Å². The predicted molar refractivity (Wildman–Crippen MR) is 105 cm³/mol. The van der Waals surface area contributed by atoms with Gasteiger partial charge in [0.25, 0.3) is 5.91 Å². The molecule has 0 bridgehead atoms. The molecule has 0 spiro atoms. The zero-order valence-corrected chi connectivity index (χ0v) is 15.4. The average molecular weight is 361 g/mol. The molecule has 2 heterocycles. The van der Waals surface area contributed by atoms with Crippen LogP contribution in [0.5, 0.6) is 0 Å². The summed E-state index contributed by atoms with van der Waals surface area (Å²) in [5.74, 6) is -0.0718. The Hall–Kier alpha value is -2.92. The molecule has 1 aromatic heterocycles. The zero-order valence-electron chi connectivity index (χ0n) is 15.4. The molecular formula is C22H23N3O2. The summed E-state index contributed by atoms with van der Waals surface area (Å²) in [5.41, 5.74) is 4.61. The van der Waals surface area contributed by atoms with Crippen LogP contribution in [-0.2, 0) is 11.8 Å². The summed E-state index contributed by atoms with van der Waals surface area (Å²) in [6.45, 7) is 1.35. The lowest BCUT2D eigenvalue weighted by atomic mass is 10.00. The zero-order chi connectivity index (χ0) is 18.6. The Morgan fingerprint density at radius 2 is 2.00 bits per heavy atom. The molecule has 2 aromatic carbocycles. The fourth-order valence-corrected chi connectivity index (χ4v) is 3.45. The highest BCUT2D eigenvalue weighted by atomic mass is 16.5. The van der Waals surface area contributed by atoms with Gasteiger partial charge in [0.2, 0.25) is 0 Å². The van der Waals surface area contributed by atoms with Gasteiger partial charge in [0, 0.05) is 43.1 Å². The molecule has 27 heavy (non-hydrogen) atoms. The van der Waals surface area contributed by atoms with E-state index in [1.54, 1.807) is 0 Å². The second-order valence-corrected chi connectivity index (χ2v) is 6.86. The number of nitrogens with one attached hydrogen (secondary N) is 1. The van der Waals surface area contributed by atoms with E-state index in [0.717, 1.165) is 41.8 Å². The fourth-order valence-electron chi connectivity index (χ4n) is 3.45. The number of hydrogen-bond acceptors (Lipinski definition) is 3. The maximum atomic E-state index is 12.6. The summed E-state index contributed by atoms with van der Waals surface area (Å²) in [6.07, 6.45) is 4.21. The van der Waals surface area contributed by atoms with Crippen molar-refractivity contribution < 1.29 is 9.53 Å². The molecule has 5 nitrogen and oxygen atoms in total. The Morgan fingerprint density at radius 1 is 1.19 bits per heavy atom. The lowest BCUT2D eigenvalue weighted by molar-refractivity contribution is 0.0858. The van der Waals surface area contributed by atoms with Crippen molar-refractivity contribution >= 4 is 5.91 Å². The van der Waals surface area contributed by atoms with E-state index in [1.807, 2.05) is 72.5 Å². The third kappa shape index (κ3) is 3.93. The van der Waals surface area contributed by atoms with Crippen molar-refractivity contribution in [1.29, 1.82) is 0 Å². The molecule has 4 rings (SSSR count). The van der Waals surface area contributed by atoms with Crippen LogP contribution in [0.25, 0.3) is 22.4 Å². The van der Waals surface area contributed by atoms with Crippen LogP contribution < -0.4 is 5.32 Å². The Morgan fingerprint density at radius 3 is 2.78 bits per heavy atom. The van der Waals surface area contributed by atoms with Gasteiger partial charge in [-0.2, -0.15) is 5.10 Å². The van der Waals surface area contributed by atoms with E-state index in [2.05, 4.69) is 10.4 Å². The highest BCUT2D eigenvalue weighted by Gasteiger charge is 2.17. The highest BCUT2D eigenvalue weighted by Crippen LogP contribution is 2.31. The minimum absolute atomic E-state index is 0.0718. The van der Waals surface area contributed by atoms with E-state index in [-0.39, 0.29) is 12.0 Å². The molecule has 1 N–H and O–H groups in total. The van der Waals surface area contributed by atoms with Crippen LogP contribution in [0, 0.1) is 0 Å². The van der Waals surface area contributed by atoms with Gasteiger partial charge < -0.3 is 10.1 Å². The minimum atomic E-state index is -0.0718. The maximum Gasteiger partial charge on any atom is 0.251 e. The van der Waals surface area contributed by atoms with E-state index < -0.39 is 0 Å². The number of hydrogen-bond donors (Lipinski definition) is 1. The van der Waals surface area contributed by atoms with Crippen molar-refractivity contribution in [2.75, 3.05) is 13.2 Å².